The summed E-state index contributed by atoms with van der Waals surface area (Å²) in [5.41, 5.74) is 6.71. The van der Waals surface area contributed by atoms with Gasteiger partial charge in [0.1, 0.15) is 0 Å². The number of hydrogen-bond acceptors (Lipinski definition) is 4. The highest BCUT2D eigenvalue weighted by molar-refractivity contribution is 5.00. The summed E-state index contributed by atoms with van der Waals surface area (Å²) in [6.45, 7) is 10.1. The SMILES string of the molecule is COCCN(C(C)COC)C1(CN)CCCC(C)(C)C1. The van der Waals surface area contributed by atoms with E-state index in [1.807, 2.05) is 0 Å². The predicted molar refractivity (Wildman–Crippen MR) is 84.0 cm³/mol. The molecule has 0 heterocycles. The highest BCUT2D eigenvalue weighted by atomic mass is 16.5. The maximum Gasteiger partial charge on any atom is 0.0615 e. The van der Waals surface area contributed by atoms with Gasteiger partial charge in [0.15, 0.2) is 0 Å². The van der Waals surface area contributed by atoms with Gasteiger partial charge in [0, 0.05) is 38.9 Å². The lowest BCUT2D eigenvalue weighted by atomic mass is 9.67. The number of nitrogens with two attached hydrogens (primary N) is 1. The molecule has 2 N–H and O–H groups in total. The van der Waals surface area contributed by atoms with E-state index in [1.165, 1.54) is 19.3 Å². The van der Waals surface area contributed by atoms with Crippen molar-refractivity contribution in [2.24, 2.45) is 11.1 Å². The normalized spacial score (nSPS) is 27.8. The smallest absolute Gasteiger partial charge is 0.0615 e. The van der Waals surface area contributed by atoms with Crippen LogP contribution in [0.25, 0.3) is 0 Å². The zero-order valence-corrected chi connectivity index (χ0v) is 14.1. The Bertz CT molecular complexity index is 284. The Hall–Kier alpha value is -0.160. The van der Waals surface area contributed by atoms with E-state index in [4.69, 9.17) is 15.2 Å². The number of ether oxygens (including phenoxy) is 2. The van der Waals surface area contributed by atoms with Crippen molar-refractivity contribution in [1.82, 2.24) is 4.90 Å². The van der Waals surface area contributed by atoms with E-state index in [0.717, 1.165) is 26.2 Å². The van der Waals surface area contributed by atoms with Gasteiger partial charge in [0.05, 0.1) is 13.2 Å². The summed E-state index contributed by atoms with van der Waals surface area (Å²) in [4.78, 5) is 2.54. The van der Waals surface area contributed by atoms with Crippen molar-refractivity contribution in [3.8, 4) is 0 Å². The lowest BCUT2D eigenvalue weighted by molar-refractivity contribution is -0.0436. The summed E-state index contributed by atoms with van der Waals surface area (Å²) >= 11 is 0. The molecule has 4 heteroatoms. The van der Waals surface area contributed by atoms with Crippen LogP contribution < -0.4 is 5.73 Å². The summed E-state index contributed by atoms with van der Waals surface area (Å²) in [7, 11) is 3.53. The molecular formula is C16H34N2O2. The third-order valence-electron chi connectivity index (χ3n) is 4.77. The molecule has 1 aliphatic carbocycles. The highest BCUT2D eigenvalue weighted by Crippen LogP contribution is 2.44. The predicted octanol–water partition coefficient (Wildman–Crippen LogP) is 2.27. The zero-order chi connectivity index (χ0) is 15.2. The van der Waals surface area contributed by atoms with Crippen molar-refractivity contribution < 1.29 is 9.47 Å². The van der Waals surface area contributed by atoms with Crippen LogP contribution >= 0.6 is 0 Å². The second-order valence-electron chi connectivity index (χ2n) is 7.11. The minimum Gasteiger partial charge on any atom is -0.383 e. The van der Waals surface area contributed by atoms with Crippen LogP contribution in [0.2, 0.25) is 0 Å². The fraction of sp³-hybridized carbons (Fsp3) is 1.00. The largest absolute Gasteiger partial charge is 0.383 e. The first-order chi connectivity index (χ1) is 9.40. The number of hydrogen-bond donors (Lipinski definition) is 1. The molecule has 120 valence electrons. The molecule has 1 rings (SSSR count). The van der Waals surface area contributed by atoms with E-state index in [2.05, 4.69) is 25.7 Å². The Morgan fingerprint density at radius 3 is 2.40 bits per heavy atom. The molecule has 0 aromatic heterocycles. The second-order valence-corrected chi connectivity index (χ2v) is 7.11. The van der Waals surface area contributed by atoms with Crippen LogP contribution in [-0.4, -0.2) is 57.0 Å². The number of rotatable bonds is 8. The quantitative estimate of drug-likeness (QED) is 0.743. The first kappa shape index (κ1) is 17.9. The second kappa shape index (κ2) is 7.74. The van der Waals surface area contributed by atoms with E-state index < -0.39 is 0 Å². The average molecular weight is 286 g/mol. The third-order valence-corrected chi connectivity index (χ3v) is 4.77. The molecule has 0 aromatic rings. The Labute approximate surface area is 125 Å². The van der Waals surface area contributed by atoms with Crippen LogP contribution in [0.5, 0.6) is 0 Å². The van der Waals surface area contributed by atoms with E-state index in [1.54, 1.807) is 14.2 Å². The van der Waals surface area contributed by atoms with Crippen molar-refractivity contribution in [2.45, 2.75) is 58.0 Å². The fourth-order valence-corrected chi connectivity index (χ4v) is 3.95. The maximum atomic E-state index is 6.24. The lowest BCUT2D eigenvalue weighted by Crippen LogP contribution is -2.61. The van der Waals surface area contributed by atoms with Gasteiger partial charge in [-0.25, -0.2) is 0 Å². The number of methoxy groups -OCH3 is 2. The summed E-state index contributed by atoms with van der Waals surface area (Å²) in [5.74, 6) is 0. The average Bonchev–Trinajstić information content (AvgIpc) is 2.38. The van der Waals surface area contributed by atoms with Gasteiger partial charge < -0.3 is 15.2 Å². The van der Waals surface area contributed by atoms with Crippen LogP contribution in [0.3, 0.4) is 0 Å². The van der Waals surface area contributed by atoms with Crippen LogP contribution in [0, 0.1) is 5.41 Å². The fourth-order valence-electron chi connectivity index (χ4n) is 3.95. The van der Waals surface area contributed by atoms with Crippen molar-refractivity contribution >= 4 is 0 Å². The molecule has 0 radical (unpaired) electrons. The van der Waals surface area contributed by atoms with Crippen LogP contribution in [0.1, 0.15) is 46.5 Å². The van der Waals surface area contributed by atoms with Gasteiger partial charge in [0.25, 0.3) is 0 Å². The van der Waals surface area contributed by atoms with Gasteiger partial charge in [0.2, 0.25) is 0 Å². The molecular weight excluding hydrogens is 252 g/mol. The molecule has 1 saturated carbocycles. The molecule has 1 aliphatic rings. The van der Waals surface area contributed by atoms with Crippen LogP contribution in [0.15, 0.2) is 0 Å². The standard InChI is InChI=1S/C16H34N2O2/c1-14(11-20-5)18(9-10-19-4)16(13-17)8-6-7-15(2,3)12-16/h14H,6-13,17H2,1-5H3. The molecule has 0 aliphatic heterocycles. The van der Waals surface area contributed by atoms with Gasteiger partial charge in [-0.05, 0) is 31.6 Å². The lowest BCUT2D eigenvalue weighted by Gasteiger charge is -2.53. The van der Waals surface area contributed by atoms with Gasteiger partial charge in [-0.15, -0.1) is 0 Å². The highest BCUT2D eigenvalue weighted by Gasteiger charge is 2.44. The summed E-state index contributed by atoms with van der Waals surface area (Å²) in [5, 5.41) is 0. The van der Waals surface area contributed by atoms with Gasteiger partial charge in [-0.2, -0.15) is 0 Å². The molecule has 4 nitrogen and oxygen atoms in total. The van der Waals surface area contributed by atoms with Crippen LogP contribution in [0.4, 0.5) is 0 Å². The Kier molecular flexibility index (Phi) is 6.92. The minimum atomic E-state index is 0.0955. The first-order valence-corrected chi connectivity index (χ1v) is 7.85. The Morgan fingerprint density at radius 2 is 1.90 bits per heavy atom. The Morgan fingerprint density at radius 1 is 1.20 bits per heavy atom. The summed E-state index contributed by atoms with van der Waals surface area (Å²) < 4.78 is 10.7. The van der Waals surface area contributed by atoms with Gasteiger partial charge >= 0.3 is 0 Å². The summed E-state index contributed by atoms with van der Waals surface area (Å²) in [6, 6.07) is 0.368. The van der Waals surface area contributed by atoms with E-state index in [0.29, 0.717) is 18.0 Å². The molecule has 2 unspecified atom stereocenters. The molecule has 0 amide bonds. The molecule has 1 fully saturated rings. The zero-order valence-electron chi connectivity index (χ0n) is 14.1. The van der Waals surface area contributed by atoms with Crippen molar-refractivity contribution in [3.63, 3.8) is 0 Å². The molecule has 0 bridgehead atoms. The van der Waals surface area contributed by atoms with E-state index in [9.17, 15) is 0 Å². The maximum absolute atomic E-state index is 6.24. The van der Waals surface area contributed by atoms with Crippen LogP contribution in [-0.2, 0) is 9.47 Å². The number of nitrogens with zero attached hydrogens (tertiary/aromatic N) is 1. The van der Waals surface area contributed by atoms with Crippen molar-refractivity contribution in [2.75, 3.05) is 40.5 Å². The molecule has 0 aromatic carbocycles. The molecule has 2 atom stereocenters. The minimum absolute atomic E-state index is 0.0955. The third kappa shape index (κ3) is 4.42. The van der Waals surface area contributed by atoms with E-state index >= 15 is 0 Å². The molecule has 0 spiro atoms. The topological polar surface area (TPSA) is 47.7 Å². The van der Waals surface area contributed by atoms with E-state index in [-0.39, 0.29) is 5.54 Å². The summed E-state index contributed by atoms with van der Waals surface area (Å²) in [6.07, 6.45) is 4.90. The monoisotopic (exact) mass is 286 g/mol. The first-order valence-electron chi connectivity index (χ1n) is 7.85. The van der Waals surface area contributed by atoms with Crippen molar-refractivity contribution in [1.29, 1.82) is 0 Å². The molecule has 20 heavy (non-hydrogen) atoms. The molecule has 0 saturated heterocycles. The Balaban J connectivity index is 2.93. The van der Waals surface area contributed by atoms with Crippen molar-refractivity contribution in [3.05, 3.63) is 0 Å². The van der Waals surface area contributed by atoms with Gasteiger partial charge in [-0.1, -0.05) is 20.3 Å². The van der Waals surface area contributed by atoms with Gasteiger partial charge in [-0.3, -0.25) is 4.90 Å².